The van der Waals surface area contributed by atoms with Crippen LogP contribution in [-0.2, 0) is 58.2 Å². The van der Waals surface area contributed by atoms with Crippen molar-refractivity contribution in [1.29, 1.82) is 0 Å². The van der Waals surface area contributed by atoms with Crippen LogP contribution in [0.15, 0.2) is 228 Å². The lowest BCUT2D eigenvalue weighted by molar-refractivity contribution is 0.571. The third-order valence-corrected chi connectivity index (χ3v) is 24.6. The van der Waals surface area contributed by atoms with E-state index in [0.29, 0.717) is 18.7 Å². The minimum atomic E-state index is -0.347. The number of benzene rings is 7. The van der Waals surface area contributed by atoms with Crippen LogP contribution in [0.5, 0.6) is 0 Å². The van der Waals surface area contributed by atoms with Crippen molar-refractivity contribution < 1.29 is 13.2 Å². The topological polar surface area (TPSA) is 157 Å². The number of halogens is 5. The number of para-hydroxylation sites is 1. The first-order valence-corrected chi connectivity index (χ1v) is 39.2. The monoisotopic (exact) mass is 1550 g/mol. The number of aromatic amines is 1. The molecule has 11 aliphatic rings. The Morgan fingerprint density at radius 2 is 0.937 bits per heavy atom. The fourth-order valence-electron chi connectivity index (χ4n) is 18.8. The summed E-state index contributed by atoms with van der Waals surface area (Å²) in [4.78, 5) is 57.9. The molecule has 0 bridgehead atoms. The zero-order valence-corrected chi connectivity index (χ0v) is 62.8. The quantitative estimate of drug-likeness (QED) is 0.161. The first-order chi connectivity index (χ1) is 54.6. The maximum Gasteiger partial charge on any atom is 0.147 e. The van der Waals surface area contributed by atoms with E-state index >= 15 is 4.39 Å². The zero-order valence-electron chi connectivity index (χ0n) is 60.5. The van der Waals surface area contributed by atoms with Crippen LogP contribution in [0, 0.1) is 17.5 Å². The Bertz CT molecular complexity index is 5830. The summed E-state index contributed by atoms with van der Waals surface area (Å²) in [6.07, 6.45) is 25.2. The summed E-state index contributed by atoms with van der Waals surface area (Å²) in [6, 6.07) is 53.4. The Morgan fingerprint density at radius 3 is 1.50 bits per heavy atom. The fourth-order valence-corrected chi connectivity index (χ4v) is 19.5. The molecule has 111 heavy (non-hydrogen) atoms. The normalized spacial score (nSPS) is 18.7. The highest BCUT2D eigenvalue weighted by atomic mass is 79.9. The number of nitrogens with one attached hydrogen (secondary N) is 1. The molecule has 546 valence electrons. The highest BCUT2D eigenvalue weighted by molar-refractivity contribution is 9.18. The van der Waals surface area contributed by atoms with Gasteiger partial charge in [-0.1, -0.05) is 163 Å². The van der Waals surface area contributed by atoms with Crippen molar-refractivity contribution in [3.05, 3.63) is 347 Å². The first kappa shape index (κ1) is 68.5. The number of fused-ring (bicyclic) bond motifs is 13. The van der Waals surface area contributed by atoms with Crippen LogP contribution >= 0.6 is 27.5 Å². The van der Waals surface area contributed by atoms with Crippen molar-refractivity contribution in [2.24, 2.45) is 9.98 Å². The Labute approximate surface area is 653 Å². The van der Waals surface area contributed by atoms with Crippen LogP contribution in [0.3, 0.4) is 0 Å². The lowest BCUT2D eigenvalue weighted by Gasteiger charge is -2.39. The maximum absolute atomic E-state index is 15.3. The summed E-state index contributed by atoms with van der Waals surface area (Å²) in [5, 5.41) is 1.50. The molecule has 0 saturated heterocycles. The van der Waals surface area contributed by atoms with E-state index in [1.165, 1.54) is 89.0 Å². The molecule has 15 nitrogen and oxygen atoms in total. The molecule has 3 atom stereocenters. The predicted octanol–water partition coefficient (Wildman–Crippen LogP) is 18.6. The Hall–Kier alpha value is -11.8. The van der Waals surface area contributed by atoms with Crippen molar-refractivity contribution in [3.63, 3.8) is 0 Å². The average molecular weight is 1550 g/mol. The van der Waals surface area contributed by atoms with Crippen LogP contribution in [-0.4, -0.2) is 81.9 Å². The van der Waals surface area contributed by atoms with Gasteiger partial charge in [0.15, 0.2) is 0 Å². The molecule has 12 aromatic rings. The number of anilines is 4. The van der Waals surface area contributed by atoms with Gasteiger partial charge in [0.25, 0.3) is 0 Å². The van der Waals surface area contributed by atoms with E-state index in [4.69, 9.17) is 16.6 Å². The van der Waals surface area contributed by atoms with E-state index in [-0.39, 0.29) is 40.6 Å². The van der Waals surface area contributed by atoms with E-state index in [1.807, 2.05) is 42.6 Å². The van der Waals surface area contributed by atoms with Gasteiger partial charge in [0, 0.05) is 78.5 Å². The largest absolute Gasteiger partial charge is 0.357 e. The minimum Gasteiger partial charge on any atom is -0.357 e. The number of aromatic nitrogens is 9. The fraction of sp³-hybridized carbons (Fsp3) is 0.209. The van der Waals surface area contributed by atoms with Gasteiger partial charge < -0.3 is 24.6 Å². The molecular weight excluding hydrogens is 1480 g/mol. The van der Waals surface area contributed by atoms with Crippen molar-refractivity contribution in [2.45, 2.75) is 95.5 Å². The van der Waals surface area contributed by atoms with Gasteiger partial charge in [-0.2, -0.15) is 0 Å². The van der Waals surface area contributed by atoms with Gasteiger partial charge in [-0.15, -0.1) is 0 Å². The SMILES string of the molecule is BrC1=NCc2ncnc(N3CCc4c([nH]c5ccccc45)C3)c21.Fc1c(Cl)cccc1C1C2=C(CCN1c1ncnc3c1C=CC3)c1ccccc1C2.Fc1ccc(C2C3=C(CCN2c2ncnc4c2C=CC4)c2ccccc2C3)cc1.Fc1ccc(C2C3=C(CCN2c2ncnc4c2C=NC4)c2ccccc2C3)cc1. The van der Waals surface area contributed by atoms with Crippen molar-refractivity contribution in [1.82, 2.24) is 44.9 Å². The minimum absolute atomic E-state index is 0.0275. The van der Waals surface area contributed by atoms with Gasteiger partial charge in [-0.3, -0.25) is 9.98 Å². The van der Waals surface area contributed by atoms with Crippen LogP contribution in [0.25, 0.3) is 39.8 Å². The van der Waals surface area contributed by atoms with Crippen LogP contribution in [0.1, 0.15) is 144 Å². The summed E-state index contributed by atoms with van der Waals surface area (Å²) in [5.41, 5.74) is 31.5. The molecule has 0 fully saturated rings. The van der Waals surface area contributed by atoms with Gasteiger partial charge >= 0.3 is 0 Å². The number of H-pyrrole nitrogens is 1. The number of nitrogens with zero attached hydrogens (tertiary/aromatic N) is 14. The lowest BCUT2D eigenvalue weighted by atomic mass is 9.87. The van der Waals surface area contributed by atoms with E-state index in [0.717, 1.165) is 175 Å². The van der Waals surface area contributed by atoms with Gasteiger partial charge in [0.05, 0.1) is 76.7 Å². The van der Waals surface area contributed by atoms with Crippen molar-refractivity contribution >= 4 is 101 Å². The number of hydrogen-bond donors (Lipinski definition) is 1. The number of aliphatic imine (C=N–C) groups is 2. The summed E-state index contributed by atoms with van der Waals surface area (Å²) < 4.78 is 43.5. The second kappa shape index (κ2) is 28.6. The molecule has 0 saturated carbocycles. The maximum atomic E-state index is 15.3. The van der Waals surface area contributed by atoms with Gasteiger partial charge in [-0.25, -0.2) is 53.0 Å². The summed E-state index contributed by atoms with van der Waals surface area (Å²) in [6.45, 7) is 5.54. The highest BCUT2D eigenvalue weighted by Gasteiger charge is 2.42. The van der Waals surface area contributed by atoms with Gasteiger partial charge in [0.1, 0.15) is 70.7 Å². The molecule has 0 amide bonds. The molecule has 7 aromatic carbocycles. The molecule has 23 rings (SSSR count). The van der Waals surface area contributed by atoms with E-state index in [1.54, 1.807) is 55.6 Å². The van der Waals surface area contributed by atoms with Crippen molar-refractivity contribution in [3.8, 4) is 0 Å². The second-order valence-electron chi connectivity index (χ2n) is 29.6. The third-order valence-electron chi connectivity index (χ3n) is 23.7. The van der Waals surface area contributed by atoms with Crippen LogP contribution in [0.4, 0.5) is 36.4 Å². The first-order valence-electron chi connectivity index (χ1n) is 38.0. The Morgan fingerprint density at radius 1 is 0.450 bits per heavy atom. The Kier molecular flexibility index (Phi) is 17.6. The van der Waals surface area contributed by atoms with E-state index < -0.39 is 0 Å². The molecule has 0 spiro atoms. The molecule has 5 aliphatic carbocycles. The molecule has 11 heterocycles. The number of rotatable bonds is 7. The molecule has 0 radical (unpaired) electrons. The standard InChI is InChI=1S/C25H19ClFN3.C25H20FN3.C24H19FN4.C17H14BrN5/c26-21-9-3-8-19(23(21)27)24-20-13-15-5-1-2-6-16(15)17(20)11-12-30(24)25-18-7-4-10-22(18)28-14-29-25;26-18-10-8-16(9-11-18)24-22-14-17-4-1-2-5-19(17)20(22)12-13-29(24)25-21-6-3-7-23(21)27-15-28-25;25-17-7-5-15(6-8-17)23-20-11-16-3-1-2-4-18(16)19(20)9-10-29(23)24-21-12-26-13-22(21)27-14-28-24;18-16-15-13(7-19-16)20-9-21-17(15)23-6-5-11-10-3-1-2-4-12(10)22-14(11)8-23/h1-9,14,24H,10-13H2;1-6,8-11,15,24H,7,12-14H2;1-8,12,14,23H,9-11,13H2;1-4,9,22H,5-8H2. The Balaban J connectivity index is 0.0000000971. The third kappa shape index (κ3) is 12.2. The predicted molar refractivity (Wildman–Crippen MR) is 437 cm³/mol. The molecular formula is C91H72BrClF3N15. The number of allylic oxidation sites excluding steroid dienone is 2. The van der Waals surface area contributed by atoms with Gasteiger partial charge in [0.2, 0.25) is 0 Å². The van der Waals surface area contributed by atoms with E-state index in [9.17, 15) is 8.78 Å². The van der Waals surface area contributed by atoms with Crippen molar-refractivity contribution in [2.75, 3.05) is 45.8 Å². The molecule has 6 aliphatic heterocycles. The van der Waals surface area contributed by atoms with Crippen LogP contribution < -0.4 is 19.6 Å². The molecule has 3 unspecified atom stereocenters. The molecule has 5 aromatic heterocycles. The smallest absolute Gasteiger partial charge is 0.147 e. The second-order valence-corrected chi connectivity index (χ2v) is 30.7. The highest BCUT2D eigenvalue weighted by Crippen LogP contribution is 2.53. The average Bonchev–Trinajstić information content (AvgIpc) is 1.64. The molecule has 1 N–H and O–H groups in total. The van der Waals surface area contributed by atoms with Crippen LogP contribution in [0.2, 0.25) is 5.02 Å². The van der Waals surface area contributed by atoms with Gasteiger partial charge in [-0.05, 0) is 181 Å². The number of hydrogen-bond acceptors (Lipinski definition) is 14. The summed E-state index contributed by atoms with van der Waals surface area (Å²) in [5.74, 6) is 3.00. The molecule has 20 heteroatoms. The van der Waals surface area contributed by atoms with E-state index in [2.05, 4.69) is 207 Å². The summed E-state index contributed by atoms with van der Waals surface area (Å²) in [7, 11) is 0. The lowest BCUT2D eigenvalue weighted by Crippen LogP contribution is -2.36. The summed E-state index contributed by atoms with van der Waals surface area (Å²) >= 11 is 9.76. The zero-order chi connectivity index (χ0) is 74.4.